The number of sulfonamides is 1. The molecule has 1 heterocycles. The van der Waals surface area contributed by atoms with Gasteiger partial charge in [0.2, 0.25) is 10.0 Å². The largest absolute Gasteiger partial charge is 0.384 e. The minimum absolute atomic E-state index is 0.0811. The molecule has 0 aliphatic heterocycles. The number of pyridine rings is 1. The van der Waals surface area contributed by atoms with Crippen LogP contribution in [0.25, 0.3) is 0 Å². The van der Waals surface area contributed by atoms with Gasteiger partial charge in [0.1, 0.15) is 10.7 Å². The number of rotatable bonds is 3. The predicted octanol–water partition coefficient (Wildman–Crippen LogP) is 1.50. The fourth-order valence-corrected chi connectivity index (χ4v) is 3.85. The van der Waals surface area contributed by atoms with E-state index in [4.69, 9.17) is 5.73 Å². The number of hydrogen-bond donors (Lipinski definition) is 2. The zero-order valence-corrected chi connectivity index (χ0v) is 12.3. The Labute approximate surface area is 124 Å². The highest BCUT2D eigenvalue weighted by molar-refractivity contribution is 7.89. The average Bonchev–Trinajstić information content (AvgIpc) is 2.47. The second-order valence-electron chi connectivity index (χ2n) is 5.25. The molecule has 5 nitrogen and oxygen atoms in total. The minimum atomic E-state index is -3.55. The summed E-state index contributed by atoms with van der Waals surface area (Å²) >= 11 is 0. The SMILES string of the molecule is Nc1ccc(S(=O)(=O)NC2CCc3ccccc3C2)cn1. The Morgan fingerprint density at radius 2 is 1.90 bits per heavy atom. The maximum absolute atomic E-state index is 12.3. The lowest BCUT2D eigenvalue weighted by atomic mass is 9.89. The van der Waals surface area contributed by atoms with E-state index in [1.807, 2.05) is 12.1 Å². The molecular weight excluding hydrogens is 286 g/mol. The van der Waals surface area contributed by atoms with E-state index >= 15 is 0 Å². The lowest BCUT2D eigenvalue weighted by molar-refractivity contribution is 0.507. The first-order valence-corrected chi connectivity index (χ1v) is 8.33. The summed E-state index contributed by atoms with van der Waals surface area (Å²) in [6.07, 6.45) is 3.70. The standard InChI is InChI=1S/C15H17N3O2S/c16-15-8-7-14(10-17-15)21(19,20)18-13-6-5-11-3-1-2-4-12(11)9-13/h1-4,7-8,10,13,18H,5-6,9H2,(H2,16,17). The summed E-state index contributed by atoms with van der Waals surface area (Å²) in [6.45, 7) is 0. The average molecular weight is 303 g/mol. The van der Waals surface area contributed by atoms with Gasteiger partial charge in [0.05, 0.1) is 0 Å². The molecule has 21 heavy (non-hydrogen) atoms. The molecule has 0 fully saturated rings. The summed E-state index contributed by atoms with van der Waals surface area (Å²) in [7, 11) is -3.55. The molecule has 2 aromatic rings. The molecule has 3 rings (SSSR count). The molecule has 0 saturated heterocycles. The molecule has 1 aromatic heterocycles. The van der Waals surface area contributed by atoms with Gasteiger partial charge >= 0.3 is 0 Å². The van der Waals surface area contributed by atoms with Gasteiger partial charge in [-0.15, -0.1) is 0 Å². The maximum atomic E-state index is 12.3. The first-order chi connectivity index (χ1) is 10.0. The fraction of sp³-hybridized carbons (Fsp3) is 0.267. The van der Waals surface area contributed by atoms with E-state index in [0.717, 1.165) is 19.3 Å². The zero-order chi connectivity index (χ0) is 14.9. The van der Waals surface area contributed by atoms with Crippen LogP contribution < -0.4 is 10.5 Å². The van der Waals surface area contributed by atoms with Gasteiger partial charge in [-0.2, -0.15) is 0 Å². The van der Waals surface area contributed by atoms with Crippen molar-refractivity contribution in [1.29, 1.82) is 0 Å². The number of hydrogen-bond acceptors (Lipinski definition) is 4. The Morgan fingerprint density at radius 3 is 2.62 bits per heavy atom. The molecule has 0 spiro atoms. The smallest absolute Gasteiger partial charge is 0.242 e. The van der Waals surface area contributed by atoms with Crippen molar-refractivity contribution in [3.05, 3.63) is 53.7 Å². The third-order valence-electron chi connectivity index (χ3n) is 3.74. The van der Waals surface area contributed by atoms with Crippen LogP contribution in [0.4, 0.5) is 5.82 Å². The molecule has 110 valence electrons. The zero-order valence-electron chi connectivity index (χ0n) is 11.5. The van der Waals surface area contributed by atoms with Gasteiger partial charge in [-0.25, -0.2) is 18.1 Å². The van der Waals surface area contributed by atoms with E-state index in [-0.39, 0.29) is 10.9 Å². The van der Waals surface area contributed by atoms with Crippen LogP contribution in [0.3, 0.4) is 0 Å². The number of benzene rings is 1. The van der Waals surface area contributed by atoms with E-state index in [1.54, 1.807) is 0 Å². The highest BCUT2D eigenvalue weighted by Crippen LogP contribution is 2.22. The molecule has 1 unspecified atom stereocenters. The van der Waals surface area contributed by atoms with Crippen LogP contribution in [0.1, 0.15) is 17.5 Å². The number of nitrogens with two attached hydrogens (primary N) is 1. The number of aryl methyl sites for hydroxylation is 1. The van der Waals surface area contributed by atoms with Crippen LogP contribution in [0.5, 0.6) is 0 Å². The molecule has 0 bridgehead atoms. The van der Waals surface area contributed by atoms with Crippen molar-refractivity contribution in [2.24, 2.45) is 0 Å². The number of nitrogens with one attached hydrogen (secondary N) is 1. The molecule has 1 aliphatic carbocycles. The van der Waals surface area contributed by atoms with Crippen LogP contribution in [0.15, 0.2) is 47.5 Å². The van der Waals surface area contributed by atoms with Crippen molar-refractivity contribution in [2.75, 3.05) is 5.73 Å². The maximum Gasteiger partial charge on any atom is 0.242 e. The lowest BCUT2D eigenvalue weighted by Crippen LogP contribution is -2.38. The molecule has 1 aliphatic rings. The molecule has 0 radical (unpaired) electrons. The van der Waals surface area contributed by atoms with Crippen molar-refractivity contribution < 1.29 is 8.42 Å². The first-order valence-electron chi connectivity index (χ1n) is 6.85. The third-order valence-corrected chi connectivity index (χ3v) is 5.24. The van der Waals surface area contributed by atoms with Crippen LogP contribution in [-0.2, 0) is 22.9 Å². The second-order valence-corrected chi connectivity index (χ2v) is 6.96. The molecule has 0 amide bonds. The molecule has 6 heteroatoms. The Hall–Kier alpha value is -1.92. The molecule has 0 saturated carbocycles. The van der Waals surface area contributed by atoms with Crippen molar-refractivity contribution in [2.45, 2.75) is 30.2 Å². The highest BCUT2D eigenvalue weighted by atomic mass is 32.2. The minimum Gasteiger partial charge on any atom is -0.384 e. The number of fused-ring (bicyclic) bond motifs is 1. The van der Waals surface area contributed by atoms with Gasteiger partial charge in [0, 0.05) is 12.2 Å². The monoisotopic (exact) mass is 303 g/mol. The summed E-state index contributed by atoms with van der Waals surface area (Å²) in [4.78, 5) is 3.98. The van der Waals surface area contributed by atoms with Crippen LogP contribution >= 0.6 is 0 Å². The molecule has 1 atom stereocenters. The number of aromatic nitrogens is 1. The van der Waals surface area contributed by atoms with E-state index in [1.165, 1.54) is 29.5 Å². The Balaban J connectivity index is 1.77. The van der Waals surface area contributed by atoms with Gasteiger partial charge in [0.15, 0.2) is 0 Å². The Morgan fingerprint density at radius 1 is 1.14 bits per heavy atom. The van der Waals surface area contributed by atoms with E-state index in [9.17, 15) is 8.42 Å². The van der Waals surface area contributed by atoms with Gasteiger partial charge in [-0.05, 0) is 42.5 Å². The highest BCUT2D eigenvalue weighted by Gasteiger charge is 2.24. The van der Waals surface area contributed by atoms with Crippen LogP contribution in [0, 0.1) is 0 Å². The first kappa shape index (κ1) is 14.0. The second kappa shape index (κ2) is 5.46. The summed E-state index contributed by atoms with van der Waals surface area (Å²) in [5, 5.41) is 0. The van der Waals surface area contributed by atoms with Gasteiger partial charge < -0.3 is 5.73 Å². The Bertz CT molecular complexity index is 742. The molecule has 1 aromatic carbocycles. The summed E-state index contributed by atoms with van der Waals surface area (Å²) in [6, 6.07) is 11.0. The summed E-state index contributed by atoms with van der Waals surface area (Å²) in [5.41, 5.74) is 8.00. The third kappa shape index (κ3) is 3.06. The number of anilines is 1. The van der Waals surface area contributed by atoms with Gasteiger partial charge in [-0.3, -0.25) is 0 Å². The normalized spacial score (nSPS) is 18.2. The van der Waals surface area contributed by atoms with Crippen molar-refractivity contribution >= 4 is 15.8 Å². The molecular formula is C15H17N3O2S. The molecule has 3 N–H and O–H groups in total. The topological polar surface area (TPSA) is 85.1 Å². The van der Waals surface area contributed by atoms with E-state index < -0.39 is 10.0 Å². The fourth-order valence-electron chi connectivity index (χ4n) is 2.64. The number of nitrogens with zero attached hydrogens (tertiary/aromatic N) is 1. The number of nitrogen functional groups attached to an aromatic ring is 1. The van der Waals surface area contributed by atoms with Crippen LogP contribution in [0.2, 0.25) is 0 Å². The predicted molar refractivity (Wildman–Crippen MR) is 81.2 cm³/mol. The van der Waals surface area contributed by atoms with Crippen molar-refractivity contribution in [3.8, 4) is 0 Å². The quantitative estimate of drug-likeness (QED) is 0.900. The summed E-state index contributed by atoms with van der Waals surface area (Å²) in [5.74, 6) is 0.306. The van der Waals surface area contributed by atoms with Crippen LogP contribution in [-0.4, -0.2) is 19.4 Å². The van der Waals surface area contributed by atoms with E-state index in [0.29, 0.717) is 5.82 Å². The Kier molecular flexibility index (Phi) is 3.65. The van der Waals surface area contributed by atoms with Gasteiger partial charge in [0.25, 0.3) is 0 Å². The lowest BCUT2D eigenvalue weighted by Gasteiger charge is -2.25. The summed E-state index contributed by atoms with van der Waals surface area (Å²) < 4.78 is 27.4. The van der Waals surface area contributed by atoms with E-state index in [2.05, 4.69) is 21.8 Å². The van der Waals surface area contributed by atoms with Crippen molar-refractivity contribution in [3.63, 3.8) is 0 Å². The van der Waals surface area contributed by atoms with Crippen molar-refractivity contribution in [1.82, 2.24) is 9.71 Å². The van der Waals surface area contributed by atoms with Gasteiger partial charge in [-0.1, -0.05) is 24.3 Å².